The predicted molar refractivity (Wildman–Crippen MR) is 66.7 cm³/mol. The Balaban J connectivity index is 2.14. The summed E-state index contributed by atoms with van der Waals surface area (Å²) in [6.07, 6.45) is 3.31. The lowest BCUT2D eigenvalue weighted by molar-refractivity contribution is -0.384. The van der Waals surface area contributed by atoms with Gasteiger partial charge in [-0.05, 0) is 12.1 Å². The van der Waals surface area contributed by atoms with Gasteiger partial charge in [-0.25, -0.2) is 0 Å². The highest BCUT2D eigenvalue weighted by atomic mass is 35.5. The molecule has 0 bridgehead atoms. The van der Waals surface area contributed by atoms with Crippen LogP contribution in [-0.2, 0) is 6.61 Å². The Morgan fingerprint density at radius 1 is 1.39 bits per heavy atom. The van der Waals surface area contributed by atoms with Gasteiger partial charge in [0.05, 0.1) is 16.0 Å². The topological polar surface area (TPSA) is 65.3 Å². The number of non-ortho nitro benzene ring substituents is 1. The van der Waals surface area contributed by atoms with E-state index in [4.69, 9.17) is 16.3 Å². The van der Waals surface area contributed by atoms with Crippen LogP contribution in [0.5, 0.6) is 5.75 Å². The second-order valence-electron chi connectivity index (χ2n) is 3.52. The lowest BCUT2D eigenvalue weighted by atomic mass is 10.3. The van der Waals surface area contributed by atoms with Crippen LogP contribution in [0.4, 0.5) is 5.69 Å². The molecule has 0 amide bonds. The molecule has 0 N–H and O–H groups in total. The fourth-order valence-electron chi connectivity index (χ4n) is 1.36. The highest BCUT2D eigenvalue weighted by Gasteiger charge is 2.10. The SMILES string of the molecule is O=[N+]([O-])c1ccc(Cl)c(OCc2cccnc2)c1. The summed E-state index contributed by atoms with van der Waals surface area (Å²) in [5, 5.41) is 11.0. The van der Waals surface area contributed by atoms with E-state index >= 15 is 0 Å². The smallest absolute Gasteiger partial charge is 0.273 e. The third-order valence-electron chi connectivity index (χ3n) is 2.24. The minimum atomic E-state index is -0.493. The van der Waals surface area contributed by atoms with E-state index in [-0.39, 0.29) is 18.0 Å². The van der Waals surface area contributed by atoms with Gasteiger partial charge in [-0.2, -0.15) is 0 Å². The molecule has 0 aliphatic heterocycles. The van der Waals surface area contributed by atoms with E-state index in [1.807, 2.05) is 6.07 Å². The van der Waals surface area contributed by atoms with Crippen molar-refractivity contribution in [2.75, 3.05) is 0 Å². The van der Waals surface area contributed by atoms with Gasteiger partial charge in [0, 0.05) is 24.0 Å². The van der Waals surface area contributed by atoms with Crippen molar-refractivity contribution >= 4 is 17.3 Å². The first-order valence-electron chi connectivity index (χ1n) is 5.12. The molecule has 0 saturated carbocycles. The Morgan fingerprint density at radius 3 is 2.89 bits per heavy atom. The highest BCUT2D eigenvalue weighted by molar-refractivity contribution is 6.32. The predicted octanol–water partition coefficient (Wildman–Crippen LogP) is 3.22. The molecule has 0 aliphatic rings. The number of rotatable bonds is 4. The van der Waals surface area contributed by atoms with Gasteiger partial charge in [-0.15, -0.1) is 0 Å². The van der Waals surface area contributed by atoms with Crippen LogP contribution in [0.2, 0.25) is 5.02 Å². The van der Waals surface area contributed by atoms with E-state index in [2.05, 4.69) is 4.98 Å². The van der Waals surface area contributed by atoms with Crippen LogP contribution in [0.15, 0.2) is 42.7 Å². The Morgan fingerprint density at radius 2 is 2.22 bits per heavy atom. The first-order valence-corrected chi connectivity index (χ1v) is 5.50. The summed E-state index contributed by atoms with van der Waals surface area (Å²) in [6.45, 7) is 0.259. The van der Waals surface area contributed by atoms with Crippen LogP contribution in [0.3, 0.4) is 0 Å². The number of benzene rings is 1. The second-order valence-corrected chi connectivity index (χ2v) is 3.93. The number of nitro benzene ring substituents is 1. The molecule has 0 atom stereocenters. The van der Waals surface area contributed by atoms with Gasteiger partial charge >= 0.3 is 0 Å². The summed E-state index contributed by atoms with van der Waals surface area (Å²) in [5.41, 5.74) is 0.806. The number of halogens is 1. The maximum Gasteiger partial charge on any atom is 0.273 e. The molecule has 0 fully saturated rings. The van der Waals surface area contributed by atoms with Crippen molar-refractivity contribution in [1.82, 2.24) is 4.98 Å². The minimum absolute atomic E-state index is 0.0550. The third kappa shape index (κ3) is 2.95. The molecule has 1 aromatic heterocycles. The van der Waals surface area contributed by atoms with Gasteiger partial charge in [0.25, 0.3) is 5.69 Å². The molecule has 1 aromatic carbocycles. The fraction of sp³-hybridized carbons (Fsp3) is 0.0833. The van der Waals surface area contributed by atoms with Crippen molar-refractivity contribution in [3.63, 3.8) is 0 Å². The van der Waals surface area contributed by atoms with E-state index in [0.717, 1.165) is 5.56 Å². The maximum absolute atomic E-state index is 10.6. The number of ether oxygens (including phenoxy) is 1. The van der Waals surface area contributed by atoms with E-state index in [0.29, 0.717) is 5.02 Å². The molecule has 92 valence electrons. The minimum Gasteiger partial charge on any atom is -0.487 e. The fourth-order valence-corrected chi connectivity index (χ4v) is 1.53. The average molecular weight is 265 g/mol. The molecule has 18 heavy (non-hydrogen) atoms. The number of pyridine rings is 1. The number of nitrogens with zero attached hydrogens (tertiary/aromatic N) is 2. The maximum atomic E-state index is 10.6. The van der Waals surface area contributed by atoms with Crippen LogP contribution in [0.1, 0.15) is 5.56 Å². The van der Waals surface area contributed by atoms with Crippen molar-refractivity contribution in [2.24, 2.45) is 0 Å². The monoisotopic (exact) mass is 264 g/mol. The van der Waals surface area contributed by atoms with Gasteiger partial charge in [-0.3, -0.25) is 15.1 Å². The van der Waals surface area contributed by atoms with Crippen LogP contribution in [0, 0.1) is 10.1 Å². The lowest BCUT2D eigenvalue weighted by Gasteiger charge is -2.07. The quantitative estimate of drug-likeness (QED) is 0.628. The van der Waals surface area contributed by atoms with Crippen LogP contribution < -0.4 is 4.74 Å². The average Bonchev–Trinajstić information content (AvgIpc) is 2.38. The Labute approximate surface area is 108 Å². The molecular weight excluding hydrogens is 256 g/mol. The van der Waals surface area contributed by atoms with Gasteiger partial charge in [0.2, 0.25) is 0 Å². The first-order chi connectivity index (χ1) is 8.66. The van der Waals surface area contributed by atoms with Crippen molar-refractivity contribution in [3.05, 3.63) is 63.4 Å². The van der Waals surface area contributed by atoms with Crippen molar-refractivity contribution in [1.29, 1.82) is 0 Å². The molecular formula is C12H9ClN2O3. The van der Waals surface area contributed by atoms with Gasteiger partial charge in [-0.1, -0.05) is 17.7 Å². The number of hydrogen-bond donors (Lipinski definition) is 0. The summed E-state index contributed by atoms with van der Waals surface area (Å²) >= 11 is 5.90. The molecule has 0 unspecified atom stereocenters. The largest absolute Gasteiger partial charge is 0.487 e. The van der Waals surface area contributed by atoms with Crippen LogP contribution >= 0.6 is 11.6 Å². The molecule has 2 aromatic rings. The summed E-state index contributed by atoms with van der Waals surface area (Å²) in [4.78, 5) is 14.1. The lowest BCUT2D eigenvalue weighted by Crippen LogP contribution is -1.97. The normalized spacial score (nSPS) is 10.1. The zero-order valence-electron chi connectivity index (χ0n) is 9.25. The van der Waals surface area contributed by atoms with Gasteiger partial charge in [0.1, 0.15) is 12.4 Å². The van der Waals surface area contributed by atoms with E-state index in [1.165, 1.54) is 18.2 Å². The van der Waals surface area contributed by atoms with Crippen LogP contribution in [-0.4, -0.2) is 9.91 Å². The van der Waals surface area contributed by atoms with Crippen LogP contribution in [0.25, 0.3) is 0 Å². The molecule has 0 aliphatic carbocycles. The number of aromatic nitrogens is 1. The van der Waals surface area contributed by atoms with Crippen molar-refractivity contribution in [3.8, 4) is 5.75 Å². The summed E-state index contributed by atoms with van der Waals surface area (Å²) in [6, 6.07) is 7.71. The molecule has 0 spiro atoms. The molecule has 1 heterocycles. The molecule has 0 radical (unpaired) electrons. The van der Waals surface area contributed by atoms with Crippen molar-refractivity contribution in [2.45, 2.75) is 6.61 Å². The molecule has 6 heteroatoms. The molecule has 0 saturated heterocycles. The summed E-state index contributed by atoms with van der Waals surface area (Å²) < 4.78 is 5.44. The standard InChI is InChI=1S/C12H9ClN2O3/c13-11-4-3-10(15(16)17)6-12(11)18-8-9-2-1-5-14-7-9/h1-7H,8H2. The zero-order valence-corrected chi connectivity index (χ0v) is 10.0. The number of nitro groups is 1. The zero-order chi connectivity index (χ0) is 13.0. The van der Waals surface area contributed by atoms with E-state index in [1.54, 1.807) is 18.5 Å². The Bertz CT molecular complexity index is 561. The molecule has 2 rings (SSSR count). The van der Waals surface area contributed by atoms with E-state index < -0.39 is 4.92 Å². The summed E-state index contributed by atoms with van der Waals surface area (Å²) in [7, 11) is 0. The van der Waals surface area contributed by atoms with Crippen molar-refractivity contribution < 1.29 is 9.66 Å². The summed E-state index contributed by atoms with van der Waals surface area (Å²) in [5.74, 6) is 0.287. The molecule has 5 nitrogen and oxygen atoms in total. The van der Waals surface area contributed by atoms with Gasteiger partial charge in [0.15, 0.2) is 0 Å². The Hall–Kier alpha value is -2.14. The second kappa shape index (κ2) is 5.46. The highest BCUT2D eigenvalue weighted by Crippen LogP contribution is 2.29. The third-order valence-corrected chi connectivity index (χ3v) is 2.55. The van der Waals surface area contributed by atoms with Gasteiger partial charge < -0.3 is 4.74 Å². The number of hydrogen-bond acceptors (Lipinski definition) is 4. The first kappa shape index (κ1) is 12.3. The Kier molecular flexibility index (Phi) is 3.74. The van der Waals surface area contributed by atoms with E-state index in [9.17, 15) is 10.1 Å².